The summed E-state index contributed by atoms with van der Waals surface area (Å²) < 4.78 is 0. The lowest BCUT2D eigenvalue weighted by atomic mass is 10.1. The molecule has 1 heterocycles. The molecular formula is C12H16N2O2S. The van der Waals surface area contributed by atoms with Crippen molar-refractivity contribution < 1.29 is 4.92 Å². The van der Waals surface area contributed by atoms with Crippen LogP contribution in [0.2, 0.25) is 0 Å². The van der Waals surface area contributed by atoms with Gasteiger partial charge in [0, 0.05) is 12.6 Å². The number of benzene rings is 1. The van der Waals surface area contributed by atoms with Gasteiger partial charge in [-0.05, 0) is 42.4 Å². The van der Waals surface area contributed by atoms with Crippen molar-refractivity contribution in [2.24, 2.45) is 5.92 Å². The lowest BCUT2D eigenvalue weighted by molar-refractivity contribution is -0.384. The summed E-state index contributed by atoms with van der Waals surface area (Å²) in [5.41, 5.74) is 1.73. The van der Waals surface area contributed by atoms with E-state index in [0.717, 1.165) is 17.9 Å². The molecule has 1 unspecified atom stereocenters. The molecule has 0 saturated carbocycles. The molecule has 1 saturated heterocycles. The molecule has 0 spiro atoms. The number of nitrogens with one attached hydrogen (secondary N) is 1. The molecule has 1 aromatic rings. The number of thioether (sulfide) groups is 1. The predicted molar refractivity (Wildman–Crippen MR) is 71.8 cm³/mol. The van der Waals surface area contributed by atoms with E-state index in [9.17, 15) is 10.1 Å². The molecule has 1 aliphatic heterocycles. The van der Waals surface area contributed by atoms with Crippen LogP contribution in [0.1, 0.15) is 12.0 Å². The van der Waals surface area contributed by atoms with Crippen LogP contribution < -0.4 is 5.32 Å². The van der Waals surface area contributed by atoms with E-state index in [0.29, 0.717) is 11.6 Å². The Hall–Kier alpha value is -1.23. The average Bonchev–Trinajstić information content (AvgIpc) is 2.80. The third-order valence-electron chi connectivity index (χ3n) is 2.96. The summed E-state index contributed by atoms with van der Waals surface area (Å²) in [5.74, 6) is 3.01. The van der Waals surface area contributed by atoms with Crippen molar-refractivity contribution in [3.05, 3.63) is 33.9 Å². The second-order valence-corrected chi connectivity index (χ2v) is 5.54. The van der Waals surface area contributed by atoms with Crippen molar-refractivity contribution >= 4 is 23.1 Å². The van der Waals surface area contributed by atoms with E-state index in [2.05, 4.69) is 5.32 Å². The van der Waals surface area contributed by atoms with Crippen molar-refractivity contribution in [2.45, 2.75) is 13.3 Å². The number of aryl methyl sites for hydroxylation is 1. The third-order valence-corrected chi connectivity index (χ3v) is 4.19. The van der Waals surface area contributed by atoms with Gasteiger partial charge in [0.15, 0.2) is 0 Å². The zero-order valence-corrected chi connectivity index (χ0v) is 10.6. The van der Waals surface area contributed by atoms with Crippen LogP contribution in [-0.4, -0.2) is 23.0 Å². The summed E-state index contributed by atoms with van der Waals surface area (Å²) in [4.78, 5) is 10.6. The second-order valence-electron chi connectivity index (χ2n) is 4.39. The van der Waals surface area contributed by atoms with Crippen molar-refractivity contribution in [3.8, 4) is 0 Å². The lowest BCUT2D eigenvalue weighted by Gasteiger charge is -2.11. The summed E-state index contributed by atoms with van der Waals surface area (Å²) in [6.45, 7) is 2.70. The van der Waals surface area contributed by atoms with Crippen LogP contribution in [0, 0.1) is 23.0 Å². The monoisotopic (exact) mass is 252 g/mol. The van der Waals surface area contributed by atoms with Crippen LogP contribution in [0.5, 0.6) is 0 Å². The minimum absolute atomic E-state index is 0.177. The molecular weight excluding hydrogens is 236 g/mol. The molecule has 4 nitrogen and oxygen atoms in total. The van der Waals surface area contributed by atoms with E-state index in [1.165, 1.54) is 12.2 Å². The number of nitrogens with zero attached hydrogens (tertiary/aromatic N) is 1. The van der Waals surface area contributed by atoms with E-state index in [1.54, 1.807) is 12.1 Å². The van der Waals surface area contributed by atoms with Gasteiger partial charge in [0.25, 0.3) is 5.69 Å². The SMILES string of the molecule is Cc1ccc(NCC2CCSC2)c([N+](=O)[O-])c1. The van der Waals surface area contributed by atoms with E-state index in [-0.39, 0.29) is 10.6 Å². The molecule has 1 aliphatic rings. The smallest absolute Gasteiger partial charge is 0.292 e. The molecule has 0 aromatic heterocycles. The summed E-state index contributed by atoms with van der Waals surface area (Å²) in [5, 5.41) is 14.1. The Labute approximate surface area is 105 Å². The van der Waals surface area contributed by atoms with Crippen molar-refractivity contribution in [3.63, 3.8) is 0 Å². The van der Waals surface area contributed by atoms with Crippen LogP contribution in [0.25, 0.3) is 0 Å². The van der Waals surface area contributed by atoms with E-state index >= 15 is 0 Å². The van der Waals surface area contributed by atoms with Crippen molar-refractivity contribution in [1.29, 1.82) is 0 Å². The first-order valence-corrected chi connectivity index (χ1v) is 6.89. The first-order chi connectivity index (χ1) is 8.16. The van der Waals surface area contributed by atoms with Crippen molar-refractivity contribution in [2.75, 3.05) is 23.4 Å². The summed E-state index contributed by atoms with van der Waals surface area (Å²) in [7, 11) is 0. The Kier molecular flexibility index (Phi) is 3.89. The maximum atomic E-state index is 10.9. The third kappa shape index (κ3) is 3.12. The summed E-state index contributed by atoms with van der Waals surface area (Å²) >= 11 is 1.96. The maximum absolute atomic E-state index is 10.9. The van der Waals surface area contributed by atoms with E-state index < -0.39 is 0 Å². The van der Waals surface area contributed by atoms with Gasteiger partial charge in [-0.1, -0.05) is 6.07 Å². The molecule has 0 aliphatic carbocycles. The van der Waals surface area contributed by atoms with Gasteiger partial charge in [-0.2, -0.15) is 11.8 Å². The zero-order chi connectivity index (χ0) is 12.3. The van der Waals surface area contributed by atoms with Gasteiger partial charge in [-0.25, -0.2) is 0 Å². The number of anilines is 1. The lowest BCUT2D eigenvalue weighted by Crippen LogP contribution is -2.14. The number of nitro benzene ring substituents is 1. The number of hydrogen-bond acceptors (Lipinski definition) is 4. The molecule has 1 fully saturated rings. The Morgan fingerprint density at radius 2 is 2.41 bits per heavy atom. The fraction of sp³-hybridized carbons (Fsp3) is 0.500. The minimum Gasteiger partial charge on any atom is -0.379 e. The zero-order valence-electron chi connectivity index (χ0n) is 9.81. The molecule has 0 amide bonds. The fourth-order valence-electron chi connectivity index (χ4n) is 1.94. The van der Waals surface area contributed by atoms with Crippen LogP contribution in [0.4, 0.5) is 11.4 Å². The van der Waals surface area contributed by atoms with E-state index in [1.807, 2.05) is 24.8 Å². The highest BCUT2D eigenvalue weighted by Crippen LogP contribution is 2.28. The normalized spacial score (nSPS) is 19.2. The fourth-order valence-corrected chi connectivity index (χ4v) is 3.23. The molecule has 1 atom stereocenters. The first kappa shape index (κ1) is 12.2. The molecule has 1 N–H and O–H groups in total. The first-order valence-electron chi connectivity index (χ1n) is 5.73. The second kappa shape index (κ2) is 5.40. The van der Waals surface area contributed by atoms with Crippen molar-refractivity contribution in [1.82, 2.24) is 0 Å². The van der Waals surface area contributed by atoms with Crippen LogP contribution >= 0.6 is 11.8 Å². The van der Waals surface area contributed by atoms with Gasteiger partial charge >= 0.3 is 0 Å². The molecule has 0 radical (unpaired) electrons. The topological polar surface area (TPSA) is 55.2 Å². The Balaban J connectivity index is 2.06. The predicted octanol–water partition coefficient (Wildman–Crippen LogP) is 3.07. The van der Waals surface area contributed by atoms with Gasteiger partial charge < -0.3 is 5.32 Å². The standard InChI is InChI=1S/C12H16N2O2S/c1-9-2-3-11(12(6-9)14(15)16)13-7-10-4-5-17-8-10/h2-3,6,10,13H,4-5,7-8H2,1H3. The van der Waals surface area contributed by atoms with Gasteiger partial charge in [0.2, 0.25) is 0 Å². The Morgan fingerprint density at radius 1 is 1.59 bits per heavy atom. The molecule has 1 aromatic carbocycles. The van der Waals surface area contributed by atoms with Gasteiger partial charge in [0.05, 0.1) is 4.92 Å². The highest BCUT2D eigenvalue weighted by molar-refractivity contribution is 7.99. The van der Waals surface area contributed by atoms with Crippen LogP contribution in [0.15, 0.2) is 18.2 Å². The number of nitro groups is 1. The van der Waals surface area contributed by atoms with Crippen LogP contribution in [-0.2, 0) is 0 Å². The maximum Gasteiger partial charge on any atom is 0.292 e. The number of rotatable bonds is 4. The summed E-state index contributed by atoms with van der Waals surface area (Å²) in [6, 6.07) is 5.32. The molecule has 17 heavy (non-hydrogen) atoms. The molecule has 2 rings (SSSR count). The summed E-state index contributed by atoms with van der Waals surface area (Å²) in [6.07, 6.45) is 1.21. The molecule has 0 bridgehead atoms. The largest absolute Gasteiger partial charge is 0.379 e. The van der Waals surface area contributed by atoms with Gasteiger partial charge in [-0.3, -0.25) is 10.1 Å². The van der Waals surface area contributed by atoms with Gasteiger partial charge in [-0.15, -0.1) is 0 Å². The quantitative estimate of drug-likeness (QED) is 0.661. The minimum atomic E-state index is -0.321. The Morgan fingerprint density at radius 3 is 3.06 bits per heavy atom. The molecule has 92 valence electrons. The van der Waals surface area contributed by atoms with Crippen LogP contribution in [0.3, 0.4) is 0 Å². The highest BCUT2D eigenvalue weighted by atomic mass is 32.2. The Bertz CT molecular complexity index is 417. The van der Waals surface area contributed by atoms with E-state index in [4.69, 9.17) is 0 Å². The van der Waals surface area contributed by atoms with Gasteiger partial charge in [0.1, 0.15) is 5.69 Å². The highest BCUT2D eigenvalue weighted by Gasteiger charge is 2.18. The average molecular weight is 252 g/mol. The number of hydrogen-bond donors (Lipinski definition) is 1. The molecule has 5 heteroatoms.